The summed E-state index contributed by atoms with van der Waals surface area (Å²) in [4.78, 5) is 111. The van der Waals surface area contributed by atoms with E-state index in [1.807, 2.05) is 54.7 Å². The molecule has 63 heavy (non-hydrogen) atoms. The van der Waals surface area contributed by atoms with Crippen LogP contribution in [0, 0.1) is 5.92 Å². The normalized spacial score (nSPS) is 28.2. The van der Waals surface area contributed by atoms with E-state index in [9.17, 15) is 28.8 Å². The molecule has 0 radical (unpaired) electrons. The van der Waals surface area contributed by atoms with Crippen LogP contribution in [0.3, 0.4) is 0 Å². The van der Waals surface area contributed by atoms with E-state index in [-0.39, 0.29) is 56.6 Å². The topological polar surface area (TPSA) is 244 Å². The molecule has 5 heterocycles. The summed E-state index contributed by atoms with van der Waals surface area (Å²) in [6.45, 7) is -0.163. The van der Waals surface area contributed by atoms with Crippen molar-refractivity contribution in [2.24, 2.45) is 11.7 Å². The summed E-state index contributed by atoms with van der Waals surface area (Å²) in [5, 5.41) is 16.1. The molecule has 5 fully saturated rings. The Morgan fingerprint density at radius 1 is 0.683 bits per heavy atom. The second-order valence-corrected chi connectivity index (χ2v) is 18.1. The van der Waals surface area contributed by atoms with Crippen molar-refractivity contribution in [2.45, 2.75) is 125 Å². The first-order valence-corrected chi connectivity index (χ1v) is 22.5. The number of aromatic amines is 2. The Labute approximate surface area is 364 Å². The number of nitrogens with two attached hydrogens (primary N) is 1. The number of aromatic nitrogens is 2. The Balaban J connectivity index is 1.12. The molecular weight excluding hydrogens is 805 g/mol. The number of urea groups is 1. The lowest BCUT2D eigenvalue weighted by atomic mass is 9.84. The van der Waals surface area contributed by atoms with E-state index < -0.39 is 71.3 Å². The highest BCUT2D eigenvalue weighted by Gasteiger charge is 2.52. The molecule has 2 saturated carbocycles. The lowest BCUT2D eigenvalue weighted by Crippen LogP contribution is -2.66. The summed E-state index contributed by atoms with van der Waals surface area (Å²) in [6.07, 6.45) is 10.2. The standard InChI is InChI=1S/C46H56N10O7/c47-45(63)50-25-35-42(60)55-19-9-16-37(55)43(61)56-36-15-6-1-10-26(36)22-38(56)41(59)51-34(21-28-24-49-32-14-5-3-12-30(28)32)40(58)54-46(17-7-8-18-46)44(62)53-33(39(57)52-35)20-27-23-48-31-13-4-2-11-29(27)31/h2-5,11-14,23-24,26,33-38,48-49H,1,6-10,15-22,25H2,(H,51,59)(H,52,57)(H,53,62)(H,54,58)(H3,47,50,63)/t26-,33+,34+,35-,36-,37-,38-/m1/s1. The largest absolute Gasteiger partial charge is 0.361 e. The molecule has 5 aliphatic rings. The number of nitrogens with zero attached hydrogens (tertiary/aromatic N) is 2. The zero-order valence-electron chi connectivity index (χ0n) is 35.3. The number of rotatable bonds is 6. The zero-order valence-corrected chi connectivity index (χ0v) is 35.3. The molecule has 3 saturated heterocycles. The number of hydrogen-bond acceptors (Lipinski definition) is 7. The Morgan fingerprint density at radius 3 is 1.97 bits per heavy atom. The molecule has 17 heteroatoms. The van der Waals surface area contributed by atoms with Gasteiger partial charge in [0.05, 0.1) is 0 Å². The average Bonchev–Trinajstić information content (AvgIpc) is 4.14. The van der Waals surface area contributed by atoms with Crippen molar-refractivity contribution in [3.63, 3.8) is 0 Å². The second-order valence-electron chi connectivity index (χ2n) is 18.1. The fourth-order valence-electron chi connectivity index (χ4n) is 11.1. The molecule has 7 atom stereocenters. The summed E-state index contributed by atoms with van der Waals surface area (Å²) in [5.41, 5.74) is 7.26. The maximum absolute atomic E-state index is 15.0. The van der Waals surface area contributed by atoms with Crippen LogP contribution in [0.4, 0.5) is 4.79 Å². The zero-order chi connectivity index (χ0) is 43.8. The molecule has 17 nitrogen and oxygen atoms in total. The maximum atomic E-state index is 15.0. The predicted octanol–water partition coefficient (Wildman–Crippen LogP) is 2.15. The molecule has 9 rings (SSSR count). The Bertz CT molecular complexity index is 2440. The number of para-hydroxylation sites is 2. The smallest absolute Gasteiger partial charge is 0.312 e. The predicted molar refractivity (Wildman–Crippen MR) is 232 cm³/mol. The van der Waals surface area contributed by atoms with Crippen LogP contribution in [0.25, 0.3) is 21.8 Å². The van der Waals surface area contributed by atoms with Crippen molar-refractivity contribution in [1.29, 1.82) is 0 Å². The van der Waals surface area contributed by atoms with Crippen molar-refractivity contribution in [2.75, 3.05) is 13.1 Å². The third kappa shape index (κ3) is 8.20. The van der Waals surface area contributed by atoms with Gasteiger partial charge in [-0.3, -0.25) is 28.8 Å². The number of carbonyl (C=O) groups is 7. The van der Waals surface area contributed by atoms with Crippen LogP contribution >= 0.6 is 0 Å². The van der Waals surface area contributed by atoms with Crippen molar-refractivity contribution in [1.82, 2.24) is 46.4 Å². The first-order valence-electron chi connectivity index (χ1n) is 22.5. The van der Waals surface area contributed by atoms with Crippen LogP contribution < -0.4 is 32.3 Å². The van der Waals surface area contributed by atoms with Gasteiger partial charge in [-0.1, -0.05) is 62.1 Å². The summed E-state index contributed by atoms with van der Waals surface area (Å²) >= 11 is 0. The number of fused-ring (bicyclic) bond motifs is 6. The molecule has 2 aromatic carbocycles. The highest BCUT2D eigenvalue weighted by Crippen LogP contribution is 2.41. The minimum atomic E-state index is -1.43. The molecule has 0 bridgehead atoms. The van der Waals surface area contributed by atoms with E-state index in [4.69, 9.17) is 5.73 Å². The number of nitrogens with one attached hydrogen (secondary N) is 7. The third-order valence-corrected chi connectivity index (χ3v) is 14.3. The minimum Gasteiger partial charge on any atom is -0.361 e. The minimum absolute atomic E-state index is 0.0126. The van der Waals surface area contributed by atoms with Crippen LogP contribution in [0.5, 0.6) is 0 Å². The van der Waals surface area contributed by atoms with Gasteiger partial charge in [-0.15, -0.1) is 0 Å². The first kappa shape index (κ1) is 41.9. The molecule has 1 spiro atoms. The lowest BCUT2D eigenvalue weighted by Gasteiger charge is -2.38. The highest BCUT2D eigenvalue weighted by molar-refractivity contribution is 6.01. The van der Waals surface area contributed by atoms with Gasteiger partial charge in [0.15, 0.2) is 0 Å². The van der Waals surface area contributed by atoms with E-state index >= 15 is 4.79 Å². The number of amides is 8. The molecule has 2 aromatic heterocycles. The maximum Gasteiger partial charge on any atom is 0.312 e. The summed E-state index contributed by atoms with van der Waals surface area (Å²) in [5.74, 6) is -3.17. The van der Waals surface area contributed by atoms with E-state index in [0.717, 1.165) is 52.2 Å². The van der Waals surface area contributed by atoms with Crippen LogP contribution in [-0.2, 0) is 41.6 Å². The van der Waals surface area contributed by atoms with Gasteiger partial charge in [0.2, 0.25) is 35.4 Å². The van der Waals surface area contributed by atoms with E-state index in [0.29, 0.717) is 38.5 Å². The van der Waals surface area contributed by atoms with Gasteiger partial charge in [-0.25, -0.2) is 4.79 Å². The van der Waals surface area contributed by atoms with Crippen LogP contribution in [0.15, 0.2) is 60.9 Å². The van der Waals surface area contributed by atoms with Crippen molar-refractivity contribution >= 4 is 63.3 Å². The third-order valence-electron chi connectivity index (χ3n) is 14.3. The summed E-state index contributed by atoms with van der Waals surface area (Å²) in [7, 11) is 0. The van der Waals surface area contributed by atoms with E-state index in [1.54, 1.807) is 11.1 Å². The first-order chi connectivity index (χ1) is 30.5. The van der Waals surface area contributed by atoms with Crippen molar-refractivity contribution < 1.29 is 33.6 Å². The number of carbonyl (C=O) groups excluding carboxylic acids is 7. The Morgan fingerprint density at radius 2 is 1.30 bits per heavy atom. The van der Waals surface area contributed by atoms with Gasteiger partial charge in [-0.2, -0.15) is 0 Å². The molecular formula is C46H56N10O7. The number of H-pyrrole nitrogens is 2. The highest BCUT2D eigenvalue weighted by atomic mass is 16.2. The molecule has 9 N–H and O–H groups in total. The van der Waals surface area contributed by atoms with Crippen molar-refractivity contribution in [3.05, 3.63) is 72.1 Å². The van der Waals surface area contributed by atoms with Crippen molar-refractivity contribution in [3.8, 4) is 0 Å². The molecule has 2 aliphatic carbocycles. The Kier molecular flexibility index (Phi) is 11.6. The molecule has 0 unspecified atom stereocenters. The summed E-state index contributed by atoms with van der Waals surface area (Å²) in [6, 6.07) is 8.51. The molecule has 3 aliphatic heterocycles. The van der Waals surface area contributed by atoms with E-state index in [2.05, 4.69) is 36.6 Å². The molecule has 4 aromatic rings. The Hall–Kier alpha value is -6.39. The van der Waals surface area contributed by atoms with Crippen LogP contribution in [0.1, 0.15) is 81.8 Å². The van der Waals surface area contributed by atoms with Crippen LogP contribution in [0.2, 0.25) is 0 Å². The van der Waals surface area contributed by atoms with Gasteiger partial charge < -0.3 is 52.1 Å². The van der Waals surface area contributed by atoms with Gasteiger partial charge in [0.25, 0.3) is 0 Å². The van der Waals surface area contributed by atoms with Gasteiger partial charge in [-0.05, 0) is 74.1 Å². The van der Waals surface area contributed by atoms with E-state index in [1.165, 1.54) is 4.90 Å². The monoisotopic (exact) mass is 860 g/mol. The van der Waals surface area contributed by atoms with Gasteiger partial charge in [0, 0.05) is 66.2 Å². The second kappa shape index (κ2) is 17.4. The van der Waals surface area contributed by atoms with Gasteiger partial charge >= 0.3 is 6.03 Å². The number of hydrogen-bond donors (Lipinski definition) is 8. The summed E-state index contributed by atoms with van der Waals surface area (Å²) < 4.78 is 0. The number of primary amides is 1. The fraction of sp³-hybridized carbons (Fsp3) is 0.500. The van der Waals surface area contributed by atoms with Gasteiger partial charge in [0.1, 0.15) is 35.7 Å². The fourth-order valence-corrected chi connectivity index (χ4v) is 11.1. The SMILES string of the molecule is NC(=O)NC[C@H]1NC(=O)[C@H](Cc2c[nH]c3ccccc23)NC(=O)C2(CCCC2)NC(=O)[C@H](Cc2c[nH]c3ccccc23)NC(=O)[C@H]2C[C@H]3CCCC[C@H]3N2C(=O)[C@H]2CCCN2C1=O. The number of benzene rings is 2. The molecule has 332 valence electrons. The average molecular weight is 861 g/mol. The molecule has 8 amide bonds. The quantitative estimate of drug-likeness (QED) is 0.144. The lowest BCUT2D eigenvalue weighted by molar-refractivity contribution is -0.150. The van der Waals surface area contributed by atoms with Crippen LogP contribution in [-0.4, -0.2) is 116 Å².